The molecule has 0 radical (unpaired) electrons. The minimum atomic E-state index is 0.692. The molecule has 114 heavy (non-hydrogen) atoms. The molecule has 4 heterocycles. The van der Waals surface area contributed by atoms with Crippen LogP contribution >= 0.6 is 0 Å². The summed E-state index contributed by atoms with van der Waals surface area (Å²) in [5.41, 5.74) is 27.0. The Hall–Kier alpha value is -15.2. The Bertz CT molecular complexity index is 7440. The van der Waals surface area contributed by atoms with Gasteiger partial charge in [-0.3, -0.25) is 0 Å². The van der Waals surface area contributed by atoms with E-state index in [0.29, 0.717) is 11.6 Å². The number of hydrogen-bond donors (Lipinski definition) is 0. The van der Waals surface area contributed by atoms with Crippen molar-refractivity contribution in [3.8, 4) is 135 Å². The second-order valence-electron chi connectivity index (χ2n) is 29.1. The van der Waals surface area contributed by atoms with Crippen molar-refractivity contribution in [2.45, 2.75) is 0 Å². The van der Waals surface area contributed by atoms with Gasteiger partial charge in [0.1, 0.15) is 22.3 Å². The summed E-state index contributed by atoms with van der Waals surface area (Å²) in [5.74, 6) is 1.39. The summed E-state index contributed by atoms with van der Waals surface area (Å²) in [7, 11) is 0. The highest BCUT2D eigenvalue weighted by Crippen LogP contribution is 2.43. The number of hydrogen-bond acceptors (Lipinski definition) is 6. The van der Waals surface area contributed by atoms with E-state index in [2.05, 4.69) is 376 Å². The van der Waals surface area contributed by atoms with E-state index < -0.39 is 0 Å². The molecule has 0 N–H and O–H groups in total. The van der Waals surface area contributed by atoms with Gasteiger partial charge in [-0.1, -0.05) is 352 Å². The molecule has 0 unspecified atom stereocenters. The predicted octanol–water partition coefficient (Wildman–Crippen LogP) is 29.4. The van der Waals surface area contributed by atoms with Gasteiger partial charge < -0.3 is 8.83 Å². The van der Waals surface area contributed by atoms with Crippen molar-refractivity contribution in [3.63, 3.8) is 0 Å². The maximum absolute atomic E-state index is 6.33. The van der Waals surface area contributed by atoms with E-state index in [1.54, 1.807) is 0 Å². The third-order valence-corrected chi connectivity index (χ3v) is 22.2. The Labute approximate surface area is 658 Å². The maximum Gasteiger partial charge on any atom is 0.160 e. The van der Waals surface area contributed by atoms with E-state index in [1.807, 2.05) is 36.4 Å². The second-order valence-corrected chi connectivity index (χ2v) is 29.1. The fraction of sp³-hybridized carbons (Fsp3) is 0. The van der Waals surface area contributed by atoms with Crippen LogP contribution in [-0.4, -0.2) is 19.9 Å². The smallest absolute Gasteiger partial charge is 0.160 e. The lowest BCUT2D eigenvalue weighted by atomic mass is 9.92. The first-order valence-corrected chi connectivity index (χ1v) is 38.6. The highest BCUT2D eigenvalue weighted by atomic mass is 16.3. The Morgan fingerprint density at radius 3 is 0.939 bits per heavy atom. The van der Waals surface area contributed by atoms with Crippen molar-refractivity contribution in [3.05, 3.63) is 413 Å². The first kappa shape index (κ1) is 66.9. The summed E-state index contributed by atoms with van der Waals surface area (Å²) >= 11 is 0. The van der Waals surface area contributed by atoms with Crippen LogP contribution in [-0.2, 0) is 0 Å². The Morgan fingerprint density at radius 2 is 0.465 bits per heavy atom. The number of fused-ring (bicyclic) bond motifs is 12. The standard InChI is InChI=1S/2C54H34N2O/c1-2-12-38(13-3-1)50-34-51(56-54(55-50)42-16-10-15-40(32-42)49-33-41-14-4-5-17-43(41)45-18-6-7-19-46(45)49)39-30-26-36(27-31-39)35-24-28-37(29-25-35)44-21-11-22-48-47-20-8-9-23-52(47)57-53(44)48;1-2-11-38(12-3-1)50-34-51(56-54(55-50)43-15-10-14-41(31-43)49-32-42-13-4-5-16-44(42)45-17-6-7-18-46(45)49)39-27-25-36(26-28-39)35-21-23-37(24-22-35)40-29-30-48-47-19-8-9-20-52(47)57-53(48)33-40/h2*1-34H. The molecule has 18 aromatic carbocycles. The summed E-state index contributed by atoms with van der Waals surface area (Å²) in [6.45, 7) is 0. The molecule has 6 heteroatoms. The number of furan rings is 2. The van der Waals surface area contributed by atoms with Crippen molar-refractivity contribution in [2.24, 2.45) is 0 Å². The minimum Gasteiger partial charge on any atom is -0.456 e. The summed E-state index contributed by atoms with van der Waals surface area (Å²) in [5, 5.41) is 14.5. The third-order valence-electron chi connectivity index (χ3n) is 22.2. The maximum atomic E-state index is 6.33. The molecule has 0 saturated carbocycles. The van der Waals surface area contributed by atoms with Crippen LogP contribution < -0.4 is 0 Å². The van der Waals surface area contributed by atoms with Gasteiger partial charge in [-0.05, 0) is 165 Å². The van der Waals surface area contributed by atoms with Gasteiger partial charge in [0, 0.05) is 60.5 Å². The van der Waals surface area contributed by atoms with Gasteiger partial charge in [0.25, 0.3) is 0 Å². The number of rotatable bonds is 12. The summed E-state index contributed by atoms with van der Waals surface area (Å²) in [6, 6.07) is 146. The number of para-hydroxylation sites is 3. The third kappa shape index (κ3) is 12.6. The molecule has 0 amide bonds. The van der Waals surface area contributed by atoms with E-state index in [0.717, 1.165) is 156 Å². The van der Waals surface area contributed by atoms with Crippen molar-refractivity contribution >= 4 is 87.0 Å². The van der Waals surface area contributed by atoms with Gasteiger partial charge in [-0.15, -0.1) is 0 Å². The molecule has 0 aliphatic heterocycles. The molecule has 22 aromatic rings. The van der Waals surface area contributed by atoms with Gasteiger partial charge in [0.15, 0.2) is 11.6 Å². The van der Waals surface area contributed by atoms with Crippen LogP contribution in [0.25, 0.3) is 222 Å². The highest BCUT2D eigenvalue weighted by molar-refractivity contribution is 6.16. The van der Waals surface area contributed by atoms with Crippen LogP contribution in [0.3, 0.4) is 0 Å². The molecule has 0 bridgehead atoms. The van der Waals surface area contributed by atoms with Gasteiger partial charge in [-0.25, -0.2) is 19.9 Å². The topological polar surface area (TPSA) is 77.8 Å². The molecule has 6 nitrogen and oxygen atoms in total. The van der Waals surface area contributed by atoms with Crippen molar-refractivity contribution < 1.29 is 8.83 Å². The fourth-order valence-corrected chi connectivity index (χ4v) is 16.4. The molecule has 22 rings (SSSR count). The zero-order valence-corrected chi connectivity index (χ0v) is 61.9. The molecule has 532 valence electrons. The lowest BCUT2D eigenvalue weighted by Gasteiger charge is -2.13. The summed E-state index contributed by atoms with van der Waals surface area (Å²) in [4.78, 5) is 20.7. The summed E-state index contributed by atoms with van der Waals surface area (Å²) < 4.78 is 12.5. The van der Waals surface area contributed by atoms with Gasteiger partial charge in [0.2, 0.25) is 0 Å². The predicted molar refractivity (Wildman–Crippen MR) is 474 cm³/mol. The number of nitrogens with zero attached hydrogens (tertiary/aromatic N) is 4. The van der Waals surface area contributed by atoms with E-state index >= 15 is 0 Å². The Morgan fingerprint density at radius 1 is 0.149 bits per heavy atom. The minimum absolute atomic E-state index is 0.692. The molecule has 0 fully saturated rings. The van der Waals surface area contributed by atoms with E-state index in [1.165, 1.54) is 54.2 Å². The van der Waals surface area contributed by atoms with Gasteiger partial charge in [-0.2, -0.15) is 0 Å². The lowest BCUT2D eigenvalue weighted by Crippen LogP contribution is -1.96. The Balaban J connectivity index is 0.000000143. The average Bonchev–Trinajstić information content (AvgIpc) is 1.73. The fourth-order valence-electron chi connectivity index (χ4n) is 16.4. The average molecular weight is 1450 g/mol. The van der Waals surface area contributed by atoms with Crippen LogP contribution in [0.2, 0.25) is 0 Å². The quantitative estimate of drug-likeness (QED) is 0.113. The van der Waals surface area contributed by atoms with Crippen molar-refractivity contribution in [1.29, 1.82) is 0 Å². The molecule has 0 aliphatic rings. The largest absolute Gasteiger partial charge is 0.456 e. The molecule has 0 atom stereocenters. The zero-order chi connectivity index (χ0) is 75.4. The number of benzene rings is 18. The van der Waals surface area contributed by atoms with Crippen LogP contribution in [0.15, 0.2) is 421 Å². The molecular weight excluding hydrogens is 1390 g/mol. The van der Waals surface area contributed by atoms with Gasteiger partial charge in [0.05, 0.1) is 22.8 Å². The van der Waals surface area contributed by atoms with Crippen molar-refractivity contribution in [2.75, 3.05) is 0 Å². The zero-order valence-electron chi connectivity index (χ0n) is 61.9. The molecule has 0 aliphatic carbocycles. The SMILES string of the molecule is c1ccc(-c2cc(-c3ccc(-c4ccc(-c5ccc6c(c5)oc5ccccc56)cc4)cc3)nc(-c3cccc(-c4cc5ccccc5c5ccccc45)c3)n2)cc1.c1ccc(-c2cc(-c3ccc(-c4ccc(-c5cccc6c5oc5ccccc56)cc4)cc3)nc(-c3cccc(-c4cc5ccccc5c5ccccc45)c3)n2)cc1. The monoisotopic (exact) mass is 1450 g/mol. The van der Waals surface area contributed by atoms with E-state index in [4.69, 9.17) is 28.8 Å². The van der Waals surface area contributed by atoms with E-state index in [-0.39, 0.29) is 0 Å². The molecule has 0 saturated heterocycles. The van der Waals surface area contributed by atoms with Crippen LogP contribution in [0, 0.1) is 0 Å². The highest BCUT2D eigenvalue weighted by Gasteiger charge is 2.19. The number of aromatic nitrogens is 4. The van der Waals surface area contributed by atoms with Crippen LogP contribution in [0.1, 0.15) is 0 Å². The second kappa shape index (κ2) is 28.6. The van der Waals surface area contributed by atoms with Crippen molar-refractivity contribution in [1.82, 2.24) is 19.9 Å². The lowest BCUT2D eigenvalue weighted by molar-refractivity contribution is 0.669. The van der Waals surface area contributed by atoms with Crippen LogP contribution in [0.5, 0.6) is 0 Å². The van der Waals surface area contributed by atoms with Crippen LogP contribution in [0.4, 0.5) is 0 Å². The van der Waals surface area contributed by atoms with E-state index in [9.17, 15) is 0 Å². The normalized spacial score (nSPS) is 11.5. The molecule has 4 aromatic heterocycles. The molecule has 0 spiro atoms. The first-order chi connectivity index (χ1) is 56.4. The Kier molecular flexibility index (Phi) is 16.8. The van der Waals surface area contributed by atoms with Gasteiger partial charge >= 0.3 is 0 Å². The molecular formula is C108H68N4O2. The first-order valence-electron chi connectivity index (χ1n) is 38.6. The summed E-state index contributed by atoms with van der Waals surface area (Å²) in [6.07, 6.45) is 0.